The van der Waals surface area contributed by atoms with Crippen molar-refractivity contribution in [2.24, 2.45) is 0 Å². The van der Waals surface area contributed by atoms with Gasteiger partial charge in [-0.05, 0) is 31.5 Å². The molecule has 0 aliphatic carbocycles. The molecule has 182 valence electrons. The Morgan fingerprint density at radius 1 is 1.15 bits per heavy atom. The zero-order valence-electron chi connectivity index (χ0n) is 18.2. The lowest BCUT2D eigenvalue weighted by molar-refractivity contribution is -0.141. The maximum Gasteiger partial charge on any atom is 0.433 e. The number of pyridine rings is 2. The summed E-state index contributed by atoms with van der Waals surface area (Å²) in [4.78, 5) is 18.4. The first-order valence-electron chi connectivity index (χ1n) is 9.41. The fraction of sp³-hybridized carbons (Fsp3) is 0.238. The minimum absolute atomic E-state index is 0.00567. The van der Waals surface area contributed by atoms with E-state index in [0.717, 1.165) is 44.7 Å². The average molecular weight is 503 g/mol. The maximum absolute atomic E-state index is 14.1. The van der Waals surface area contributed by atoms with E-state index in [1.807, 2.05) is 0 Å². The molecule has 0 fully saturated rings. The topological polar surface area (TPSA) is 105 Å². The minimum atomic E-state index is -4.86. The number of aromatic amines is 1. The molecule has 0 aliphatic rings. The van der Waals surface area contributed by atoms with Gasteiger partial charge >= 0.3 is 6.18 Å². The number of nitrogens with one attached hydrogen (secondary N) is 2. The van der Waals surface area contributed by atoms with Gasteiger partial charge in [0.2, 0.25) is 11.6 Å². The molecule has 0 amide bonds. The number of benzene rings is 1. The summed E-state index contributed by atoms with van der Waals surface area (Å²) >= 11 is 0. The van der Waals surface area contributed by atoms with Gasteiger partial charge in [0.25, 0.3) is 0 Å². The normalized spacial score (nSPS) is 13.4. The molecule has 0 aliphatic heterocycles. The number of halogens is 5. The SMILES string of the molecule is COc1c(Oc2cnc(C(F)(F)F)c(C)c2-c2cc(=O)c(S(C)(=N)=O)c(C)[nH]2)ccc(F)c1F. The minimum Gasteiger partial charge on any atom is -0.490 e. The summed E-state index contributed by atoms with van der Waals surface area (Å²) in [6, 6.07) is 2.64. The number of aryl methyl sites for hydroxylation is 1. The van der Waals surface area contributed by atoms with E-state index in [0.29, 0.717) is 0 Å². The number of H-pyrrole nitrogens is 1. The van der Waals surface area contributed by atoms with Crippen LogP contribution in [-0.4, -0.2) is 27.5 Å². The third kappa shape index (κ3) is 4.60. The van der Waals surface area contributed by atoms with E-state index >= 15 is 0 Å². The Morgan fingerprint density at radius 2 is 1.79 bits per heavy atom. The lowest BCUT2D eigenvalue weighted by atomic mass is 10.0. The summed E-state index contributed by atoms with van der Waals surface area (Å²) < 4.78 is 98.6. The zero-order valence-corrected chi connectivity index (χ0v) is 19.0. The quantitative estimate of drug-likeness (QED) is 0.467. The molecule has 0 spiro atoms. The predicted molar refractivity (Wildman–Crippen MR) is 113 cm³/mol. The fourth-order valence-electron chi connectivity index (χ4n) is 3.48. The first-order chi connectivity index (χ1) is 15.7. The summed E-state index contributed by atoms with van der Waals surface area (Å²) in [6.45, 7) is 2.44. The van der Waals surface area contributed by atoms with Crippen LogP contribution in [0.5, 0.6) is 17.2 Å². The van der Waals surface area contributed by atoms with Crippen LogP contribution >= 0.6 is 0 Å². The van der Waals surface area contributed by atoms with E-state index in [-0.39, 0.29) is 33.3 Å². The van der Waals surface area contributed by atoms with Crippen LogP contribution in [0.4, 0.5) is 22.0 Å². The number of alkyl halides is 3. The second kappa shape index (κ2) is 8.70. The van der Waals surface area contributed by atoms with E-state index < -0.39 is 50.0 Å². The predicted octanol–water partition coefficient (Wildman–Crippen LogP) is 5.19. The average Bonchev–Trinajstić information content (AvgIpc) is 2.68. The highest BCUT2D eigenvalue weighted by Crippen LogP contribution is 2.42. The fourth-order valence-corrected chi connectivity index (χ4v) is 4.56. The van der Waals surface area contributed by atoms with Crippen molar-refractivity contribution in [3.63, 3.8) is 0 Å². The van der Waals surface area contributed by atoms with Gasteiger partial charge in [-0.25, -0.2) is 18.4 Å². The molecule has 2 heterocycles. The Hall–Kier alpha value is -3.48. The largest absolute Gasteiger partial charge is 0.490 e. The van der Waals surface area contributed by atoms with Crippen molar-refractivity contribution in [3.8, 4) is 28.5 Å². The maximum atomic E-state index is 14.1. The molecule has 13 heteroatoms. The van der Waals surface area contributed by atoms with Crippen LogP contribution in [0.15, 0.2) is 34.1 Å². The molecular weight excluding hydrogens is 485 g/mol. The van der Waals surface area contributed by atoms with E-state index in [1.165, 1.54) is 6.92 Å². The standard InChI is InChI=1S/C21H18F5N3O4S/c1-9-16(12-7-13(30)19(10(2)29-12)34(4,27)31)15(8-28-20(9)21(24,25)26)33-14-6-5-11(22)17(23)18(14)32-3/h5-8,27H,1-4H3,(H,29,30). The number of nitrogens with zero attached hydrogens (tertiary/aromatic N) is 1. The number of hydrogen-bond acceptors (Lipinski definition) is 6. The van der Waals surface area contributed by atoms with Crippen molar-refractivity contribution >= 4 is 9.73 Å². The highest BCUT2D eigenvalue weighted by molar-refractivity contribution is 7.91. The second-order valence-corrected chi connectivity index (χ2v) is 9.40. The van der Waals surface area contributed by atoms with Crippen LogP contribution in [0.2, 0.25) is 0 Å². The molecule has 7 nitrogen and oxygen atoms in total. The monoisotopic (exact) mass is 503 g/mol. The van der Waals surface area contributed by atoms with E-state index in [9.17, 15) is 31.0 Å². The van der Waals surface area contributed by atoms with Gasteiger partial charge in [-0.1, -0.05) is 0 Å². The lowest BCUT2D eigenvalue weighted by Gasteiger charge is -2.19. The van der Waals surface area contributed by atoms with Gasteiger partial charge in [0.1, 0.15) is 10.6 Å². The zero-order chi connectivity index (χ0) is 25.6. The van der Waals surface area contributed by atoms with Crippen LogP contribution in [-0.2, 0) is 15.9 Å². The first-order valence-corrected chi connectivity index (χ1v) is 11.4. The molecule has 0 radical (unpaired) electrons. The molecule has 3 rings (SSSR count). The summed E-state index contributed by atoms with van der Waals surface area (Å²) in [7, 11) is -2.40. The molecule has 1 aromatic carbocycles. The lowest BCUT2D eigenvalue weighted by Crippen LogP contribution is -2.17. The Kier molecular flexibility index (Phi) is 6.44. The Bertz CT molecular complexity index is 1450. The molecule has 3 aromatic rings. The van der Waals surface area contributed by atoms with Crippen LogP contribution in [0, 0.1) is 30.3 Å². The van der Waals surface area contributed by atoms with Gasteiger partial charge < -0.3 is 14.5 Å². The van der Waals surface area contributed by atoms with E-state index in [4.69, 9.17) is 14.3 Å². The first kappa shape index (κ1) is 25.1. The van der Waals surface area contributed by atoms with Crippen molar-refractivity contribution in [2.45, 2.75) is 24.9 Å². The number of rotatable bonds is 5. The van der Waals surface area contributed by atoms with Crippen molar-refractivity contribution in [2.75, 3.05) is 13.4 Å². The van der Waals surface area contributed by atoms with Crippen molar-refractivity contribution < 1.29 is 35.6 Å². The van der Waals surface area contributed by atoms with Gasteiger partial charge in [-0.2, -0.15) is 17.6 Å². The number of aromatic nitrogens is 2. The molecule has 34 heavy (non-hydrogen) atoms. The molecule has 0 saturated heterocycles. The number of ether oxygens (including phenoxy) is 2. The van der Waals surface area contributed by atoms with E-state index in [2.05, 4.69) is 9.97 Å². The highest BCUT2D eigenvalue weighted by atomic mass is 32.2. The number of hydrogen-bond donors (Lipinski definition) is 2. The van der Waals surface area contributed by atoms with Crippen LogP contribution in [0.1, 0.15) is 17.0 Å². The van der Waals surface area contributed by atoms with Crippen molar-refractivity contribution in [1.82, 2.24) is 9.97 Å². The van der Waals surface area contributed by atoms with Crippen LogP contribution < -0.4 is 14.9 Å². The Labute approximate surface area is 190 Å². The molecular formula is C21H18F5N3O4S. The Balaban J connectivity index is 2.33. The van der Waals surface area contributed by atoms with Gasteiger partial charge in [-0.3, -0.25) is 4.79 Å². The molecule has 0 bridgehead atoms. The van der Waals surface area contributed by atoms with Gasteiger partial charge in [0, 0.05) is 23.6 Å². The molecule has 1 atom stereocenters. The van der Waals surface area contributed by atoms with Gasteiger partial charge in [0.15, 0.2) is 22.7 Å². The molecule has 1 unspecified atom stereocenters. The summed E-state index contributed by atoms with van der Waals surface area (Å²) in [5, 5.41) is 0. The molecule has 0 saturated carbocycles. The summed E-state index contributed by atoms with van der Waals surface area (Å²) in [5.41, 5.74) is -2.95. The Morgan fingerprint density at radius 3 is 2.32 bits per heavy atom. The second-order valence-electron chi connectivity index (χ2n) is 7.31. The smallest absolute Gasteiger partial charge is 0.433 e. The van der Waals surface area contributed by atoms with Crippen LogP contribution in [0.3, 0.4) is 0 Å². The third-order valence-corrected chi connectivity index (χ3v) is 6.10. The van der Waals surface area contributed by atoms with Gasteiger partial charge in [0.05, 0.1) is 28.7 Å². The summed E-state index contributed by atoms with van der Waals surface area (Å²) in [6.07, 6.45) is -3.10. The number of methoxy groups -OCH3 is 1. The van der Waals surface area contributed by atoms with Gasteiger partial charge in [-0.15, -0.1) is 0 Å². The van der Waals surface area contributed by atoms with E-state index in [1.54, 1.807) is 0 Å². The third-order valence-electron chi connectivity index (χ3n) is 4.81. The van der Waals surface area contributed by atoms with Crippen LogP contribution in [0.25, 0.3) is 11.3 Å². The summed E-state index contributed by atoms with van der Waals surface area (Å²) in [5.74, 6) is -3.94. The van der Waals surface area contributed by atoms with Crippen molar-refractivity contribution in [1.29, 1.82) is 4.78 Å². The van der Waals surface area contributed by atoms with Crippen molar-refractivity contribution in [3.05, 3.63) is 63.2 Å². The molecule has 2 aromatic heterocycles. The highest BCUT2D eigenvalue weighted by Gasteiger charge is 2.36. The molecule has 2 N–H and O–H groups in total.